The maximum absolute atomic E-state index is 11.9. The lowest BCUT2D eigenvalue weighted by Gasteiger charge is -2.42. The average Bonchev–Trinajstić information content (AvgIpc) is 2.75. The summed E-state index contributed by atoms with van der Waals surface area (Å²) >= 11 is 0. The number of ether oxygens (including phenoxy) is 1. The summed E-state index contributed by atoms with van der Waals surface area (Å²) < 4.78 is 6.13. The maximum Gasteiger partial charge on any atom is 0.142 e. The fraction of sp³-hybridized carbons (Fsp3) is 0.250. The molecule has 138 valence electrons. The molecule has 1 atom stereocenters. The highest BCUT2D eigenvalue weighted by molar-refractivity contribution is 5.38. The lowest BCUT2D eigenvalue weighted by atomic mass is 9.81. The highest BCUT2D eigenvalue weighted by Gasteiger charge is 2.43. The van der Waals surface area contributed by atoms with Crippen molar-refractivity contribution in [1.82, 2.24) is 4.90 Å². The molecule has 1 fully saturated rings. The Morgan fingerprint density at radius 2 is 1.33 bits per heavy atom. The molecule has 0 bridgehead atoms. The number of hydrogen-bond acceptors (Lipinski definition) is 3. The number of rotatable bonds is 5. The van der Waals surface area contributed by atoms with Crippen molar-refractivity contribution in [3.05, 3.63) is 108 Å². The van der Waals surface area contributed by atoms with E-state index in [1.807, 2.05) is 66.7 Å². The highest BCUT2D eigenvalue weighted by atomic mass is 16.5. The van der Waals surface area contributed by atoms with Gasteiger partial charge in [0.1, 0.15) is 11.7 Å². The first kappa shape index (κ1) is 17.9. The zero-order chi connectivity index (χ0) is 18.5. The minimum Gasteiger partial charge on any atom is -0.378 e. The van der Waals surface area contributed by atoms with Crippen LogP contribution in [0.5, 0.6) is 0 Å². The van der Waals surface area contributed by atoms with Crippen LogP contribution in [-0.2, 0) is 16.9 Å². The minimum atomic E-state index is -1.18. The van der Waals surface area contributed by atoms with Gasteiger partial charge in [0.25, 0.3) is 0 Å². The predicted molar refractivity (Wildman–Crippen MR) is 107 cm³/mol. The van der Waals surface area contributed by atoms with Gasteiger partial charge in [-0.05, 0) is 16.7 Å². The van der Waals surface area contributed by atoms with Crippen LogP contribution in [-0.4, -0.2) is 35.8 Å². The minimum absolute atomic E-state index is 0.334. The first-order valence-electron chi connectivity index (χ1n) is 9.48. The van der Waals surface area contributed by atoms with Crippen LogP contribution in [0, 0.1) is 0 Å². The third-order valence-electron chi connectivity index (χ3n) is 5.29. The molecule has 1 aliphatic heterocycles. The zero-order valence-electron chi connectivity index (χ0n) is 15.4. The maximum atomic E-state index is 11.9. The Hall–Kier alpha value is -2.46. The molecule has 4 rings (SSSR count). The van der Waals surface area contributed by atoms with Gasteiger partial charge >= 0.3 is 0 Å². The summed E-state index contributed by atoms with van der Waals surface area (Å²) in [7, 11) is 0. The lowest BCUT2D eigenvalue weighted by Crippen LogP contribution is -2.53. The molecule has 1 aliphatic rings. The Balaban J connectivity index is 1.64. The van der Waals surface area contributed by atoms with E-state index < -0.39 is 5.60 Å². The van der Waals surface area contributed by atoms with Gasteiger partial charge in [-0.1, -0.05) is 91.0 Å². The van der Waals surface area contributed by atoms with Crippen molar-refractivity contribution in [2.45, 2.75) is 18.2 Å². The summed E-state index contributed by atoms with van der Waals surface area (Å²) in [5, 5.41) is 11.9. The summed E-state index contributed by atoms with van der Waals surface area (Å²) in [6.45, 7) is 3.01. The monoisotopic (exact) mass is 359 g/mol. The van der Waals surface area contributed by atoms with Crippen molar-refractivity contribution in [3.63, 3.8) is 0 Å². The molecule has 0 aromatic heterocycles. The summed E-state index contributed by atoms with van der Waals surface area (Å²) in [6, 6.07) is 30.2. The quantitative estimate of drug-likeness (QED) is 0.752. The normalized spacial score (nSPS) is 18.3. The van der Waals surface area contributed by atoms with Crippen LogP contribution in [0.2, 0.25) is 0 Å². The van der Waals surface area contributed by atoms with Crippen molar-refractivity contribution in [3.8, 4) is 0 Å². The second-order valence-electron chi connectivity index (χ2n) is 7.08. The molecule has 27 heavy (non-hydrogen) atoms. The predicted octanol–water partition coefficient (Wildman–Crippen LogP) is 3.82. The molecule has 0 amide bonds. The molecule has 1 saturated heterocycles. The van der Waals surface area contributed by atoms with Crippen LogP contribution >= 0.6 is 0 Å². The van der Waals surface area contributed by atoms with Crippen LogP contribution in [0.1, 0.15) is 16.7 Å². The van der Waals surface area contributed by atoms with E-state index in [2.05, 4.69) is 29.2 Å². The molecule has 1 N–H and O–H groups in total. The molecule has 0 unspecified atom stereocenters. The molecule has 0 aliphatic carbocycles. The van der Waals surface area contributed by atoms with Gasteiger partial charge in [0.15, 0.2) is 0 Å². The molecular weight excluding hydrogens is 334 g/mol. The van der Waals surface area contributed by atoms with Crippen LogP contribution in [0.25, 0.3) is 0 Å². The zero-order valence-corrected chi connectivity index (χ0v) is 15.4. The summed E-state index contributed by atoms with van der Waals surface area (Å²) in [5.41, 5.74) is 1.82. The Kier molecular flexibility index (Phi) is 5.35. The average molecular weight is 359 g/mol. The lowest BCUT2D eigenvalue weighted by molar-refractivity contribution is -0.130. The molecule has 3 nitrogen and oxygen atoms in total. The molecule has 0 radical (unpaired) electrons. The van der Waals surface area contributed by atoms with Gasteiger partial charge in [-0.15, -0.1) is 0 Å². The van der Waals surface area contributed by atoms with Gasteiger partial charge in [0.05, 0.1) is 6.61 Å². The van der Waals surface area contributed by atoms with E-state index in [-0.39, 0.29) is 6.10 Å². The van der Waals surface area contributed by atoms with Crippen LogP contribution < -0.4 is 0 Å². The van der Waals surface area contributed by atoms with Crippen LogP contribution in [0.3, 0.4) is 0 Å². The fourth-order valence-electron chi connectivity index (χ4n) is 3.86. The van der Waals surface area contributed by atoms with Crippen LogP contribution in [0.15, 0.2) is 91.0 Å². The Morgan fingerprint density at radius 3 is 1.89 bits per heavy atom. The summed E-state index contributed by atoms with van der Waals surface area (Å²) in [6.07, 6.45) is -0.334. The van der Waals surface area contributed by atoms with Crippen molar-refractivity contribution < 1.29 is 9.84 Å². The van der Waals surface area contributed by atoms with Crippen molar-refractivity contribution in [2.75, 3.05) is 19.7 Å². The van der Waals surface area contributed by atoms with E-state index in [0.29, 0.717) is 13.2 Å². The number of aliphatic hydroxyl groups is 1. The molecular formula is C24H25NO2. The van der Waals surface area contributed by atoms with Crippen molar-refractivity contribution >= 4 is 0 Å². The molecule has 3 aromatic rings. The van der Waals surface area contributed by atoms with Gasteiger partial charge in [-0.3, -0.25) is 4.90 Å². The first-order valence-corrected chi connectivity index (χ1v) is 9.48. The number of hydrogen-bond donors (Lipinski definition) is 1. The van der Waals surface area contributed by atoms with Gasteiger partial charge in [-0.2, -0.15) is 0 Å². The largest absolute Gasteiger partial charge is 0.378 e. The summed E-state index contributed by atoms with van der Waals surface area (Å²) in [5.74, 6) is 0. The van der Waals surface area contributed by atoms with Crippen molar-refractivity contribution in [1.29, 1.82) is 0 Å². The first-order chi connectivity index (χ1) is 13.3. The molecule has 3 aromatic carbocycles. The van der Waals surface area contributed by atoms with Crippen LogP contribution in [0.4, 0.5) is 0 Å². The van der Waals surface area contributed by atoms with E-state index in [9.17, 15) is 5.11 Å². The van der Waals surface area contributed by atoms with E-state index in [0.717, 1.165) is 24.2 Å². The fourth-order valence-corrected chi connectivity index (χ4v) is 3.86. The second kappa shape index (κ2) is 8.05. The van der Waals surface area contributed by atoms with Crippen molar-refractivity contribution in [2.24, 2.45) is 0 Å². The third-order valence-corrected chi connectivity index (χ3v) is 5.29. The van der Waals surface area contributed by atoms with E-state index in [1.165, 1.54) is 5.56 Å². The topological polar surface area (TPSA) is 32.7 Å². The SMILES string of the molecule is OC(c1ccccc1)(c1ccccc1)[C@@H]1CN(Cc2ccccc2)CCO1. The molecule has 3 heteroatoms. The van der Waals surface area contributed by atoms with E-state index in [4.69, 9.17) is 4.74 Å². The van der Waals surface area contributed by atoms with Gasteiger partial charge in [-0.25, -0.2) is 0 Å². The van der Waals surface area contributed by atoms with E-state index >= 15 is 0 Å². The molecule has 0 saturated carbocycles. The second-order valence-corrected chi connectivity index (χ2v) is 7.08. The molecule has 1 heterocycles. The third kappa shape index (κ3) is 3.81. The summed E-state index contributed by atoms with van der Waals surface area (Å²) in [4.78, 5) is 2.36. The number of benzene rings is 3. The van der Waals surface area contributed by atoms with Gasteiger partial charge in [0.2, 0.25) is 0 Å². The number of nitrogens with zero attached hydrogens (tertiary/aromatic N) is 1. The van der Waals surface area contributed by atoms with Gasteiger partial charge < -0.3 is 9.84 Å². The Labute approximate surface area is 160 Å². The standard InChI is InChI=1S/C24H25NO2/c26-24(21-12-6-2-7-13-21,22-14-8-3-9-15-22)23-19-25(16-17-27-23)18-20-10-4-1-5-11-20/h1-15,23,26H,16-19H2/t23-/m0/s1. The smallest absolute Gasteiger partial charge is 0.142 e. The van der Waals surface area contributed by atoms with Gasteiger partial charge in [0, 0.05) is 19.6 Å². The Bertz CT molecular complexity index is 797. The highest BCUT2D eigenvalue weighted by Crippen LogP contribution is 2.36. The molecule has 0 spiro atoms. The Morgan fingerprint density at radius 1 is 0.815 bits per heavy atom. The van der Waals surface area contributed by atoms with E-state index in [1.54, 1.807) is 0 Å². The number of morpholine rings is 1.